The van der Waals surface area contributed by atoms with E-state index in [1.807, 2.05) is 30.3 Å². The predicted molar refractivity (Wildman–Crippen MR) is 77.9 cm³/mol. The first-order valence-electron chi connectivity index (χ1n) is 6.94. The van der Waals surface area contributed by atoms with Gasteiger partial charge in [0.1, 0.15) is 11.8 Å². The second kappa shape index (κ2) is 8.55. The summed E-state index contributed by atoms with van der Waals surface area (Å²) in [6.45, 7) is 7.72. The lowest BCUT2D eigenvalue weighted by molar-refractivity contribution is 0.368. The Kier molecular flexibility index (Phi) is 6.99. The Morgan fingerprint density at radius 3 is 2.42 bits per heavy atom. The van der Waals surface area contributed by atoms with Crippen molar-refractivity contribution in [3.8, 4) is 11.8 Å². The summed E-state index contributed by atoms with van der Waals surface area (Å²) in [6.07, 6.45) is 2.47. The zero-order valence-electron chi connectivity index (χ0n) is 12.1. The van der Waals surface area contributed by atoms with E-state index in [9.17, 15) is 0 Å². The van der Waals surface area contributed by atoms with Crippen LogP contribution in [0.4, 0.5) is 0 Å². The van der Waals surface area contributed by atoms with Gasteiger partial charge in [-0.05, 0) is 43.4 Å². The lowest BCUT2D eigenvalue weighted by atomic mass is 10.0. The highest BCUT2D eigenvalue weighted by atomic mass is 16.5. The molecule has 3 nitrogen and oxygen atoms in total. The van der Waals surface area contributed by atoms with Crippen LogP contribution in [0.25, 0.3) is 0 Å². The normalized spacial score (nSPS) is 12.2. The molecule has 0 heterocycles. The predicted octanol–water partition coefficient (Wildman–Crippen LogP) is 3.50. The van der Waals surface area contributed by atoms with Crippen LogP contribution in [0.5, 0.6) is 5.75 Å². The van der Waals surface area contributed by atoms with E-state index >= 15 is 0 Å². The molecule has 19 heavy (non-hydrogen) atoms. The van der Waals surface area contributed by atoms with Gasteiger partial charge in [0, 0.05) is 12.6 Å². The van der Waals surface area contributed by atoms with Crippen LogP contribution in [0.2, 0.25) is 0 Å². The van der Waals surface area contributed by atoms with Gasteiger partial charge in [0.2, 0.25) is 0 Å². The number of ether oxygens (including phenoxy) is 1. The van der Waals surface area contributed by atoms with Gasteiger partial charge in [0.15, 0.2) is 6.61 Å². The van der Waals surface area contributed by atoms with E-state index in [1.54, 1.807) is 0 Å². The summed E-state index contributed by atoms with van der Waals surface area (Å²) >= 11 is 0. The molecule has 0 fully saturated rings. The SMILES string of the molecule is CC(C)CCC(C)NCc1ccc(OCC#N)cc1. The van der Waals surface area contributed by atoms with Gasteiger partial charge in [0.05, 0.1) is 0 Å². The molecule has 0 spiro atoms. The highest BCUT2D eigenvalue weighted by Crippen LogP contribution is 2.12. The number of nitrogens with zero attached hydrogens (tertiary/aromatic N) is 1. The van der Waals surface area contributed by atoms with Crippen molar-refractivity contribution in [2.24, 2.45) is 5.92 Å². The summed E-state index contributed by atoms with van der Waals surface area (Å²) in [6, 6.07) is 10.4. The Bertz CT molecular complexity index is 392. The average Bonchev–Trinajstić information content (AvgIpc) is 2.41. The Morgan fingerprint density at radius 2 is 1.84 bits per heavy atom. The minimum Gasteiger partial charge on any atom is -0.479 e. The van der Waals surface area contributed by atoms with Crippen LogP contribution < -0.4 is 10.1 Å². The van der Waals surface area contributed by atoms with E-state index in [1.165, 1.54) is 18.4 Å². The van der Waals surface area contributed by atoms with Gasteiger partial charge < -0.3 is 10.1 Å². The number of benzene rings is 1. The quantitative estimate of drug-likeness (QED) is 0.778. The van der Waals surface area contributed by atoms with Crippen LogP contribution >= 0.6 is 0 Å². The highest BCUT2D eigenvalue weighted by Gasteiger charge is 2.03. The molecule has 104 valence electrons. The molecule has 0 aliphatic heterocycles. The van der Waals surface area contributed by atoms with Crippen LogP contribution in [-0.4, -0.2) is 12.6 Å². The molecule has 0 saturated carbocycles. The fourth-order valence-corrected chi connectivity index (χ4v) is 1.80. The highest BCUT2D eigenvalue weighted by molar-refractivity contribution is 5.27. The summed E-state index contributed by atoms with van der Waals surface area (Å²) in [5.74, 6) is 1.51. The van der Waals surface area contributed by atoms with E-state index in [0.29, 0.717) is 6.04 Å². The second-order valence-corrected chi connectivity index (χ2v) is 5.34. The van der Waals surface area contributed by atoms with E-state index < -0.39 is 0 Å². The minimum absolute atomic E-state index is 0.101. The summed E-state index contributed by atoms with van der Waals surface area (Å²) in [5.41, 5.74) is 1.24. The maximum atomic E-state index is 8.43. The molecular weight excluding hydrogens is 236 g/mol. The summed E-state index contributed by atoms with van der Waals surface area (Å²) in [7, 11) is 0. The van der Waals surface area contributed by atoms with Gasteiger partial charge in [-0.25, -0.2) is 0 Å². The minimum atomic E-state index is 0.101. The van der Waals surface area contributed by atoms with Crippen LogP contribution in [0, 0.1) is 17.2 Å². The number of hydrogen-bond acceptors (Lipinski definition) is 3. The molecule has 0 saturated heterocycles. The Labute approximate surface area is 116 Å². The molecule has 0 radical (unpaired) electrons. The van der Waals surface area contributed by atoms with Crippen molar-refractivity contribution >= 4 is 0 Å². The molecule has 1 aromatic rings. The van der Waals surface area contributed by atoms with Gasteiger partial charge in [-0.2, -0.15) is 5.26 Å². The van der Waals surface area contributed by atoms with Crippen molar-refractivity contribution in [1.82, 2.24) is 5.32 Å². The fourth-order valence-electron chi connectivity index (χ4n) is 1.80. The fraction of sp³-hybridized carbons (Fsp3) is 0.562. The standard InChI is InChI=1S/C16H24N2O/c1-13(2)4-5-14(3)18-12-15-6-8-16(9-7-15)19-11-10-17/h6-9,13-14,18H,4-5,11-12H2,1-3H3. The summed E-state index contributed by atoms with van der Waals surface area (Å²) < 4.78 is 5.22. The topological polar surface area (TPSA) is 45.0 Å². The number of nitrogens with one attached hydrogen (secondary N) is 1. The van der Waals surface area contributed by atoms with Crippen LogP contribution in [0.15, 0.2) is 24.3 Å². The number of hydrogen-bond donors (Lipinski definition) is 1. The average molecular weight is 260 g/mol. The molecule has 0 amide bonds. The summed E-state index contributed by atoms with van der Waals surface area (Å²) in [4.78, 5) is 0. The van der Waals surface area contributed by atoms with Gasteiger partial charge in [-0.3, -0.25) is 0 Å². The van der Waals surface area contributed by atoms with Crippen molar-refractivity contribution in [3.05, 3.63) is 29.8 Å². The van der Waals surface area contributed by atoms with E-state index in [-0.39, 0.29) is 6.61 Å². The zero-order chi connectivity index (χ0) is 14.1. The Balaban J connectivity index is 2.31. The lowest BCUT2D eigenvalue weighted by Crippen LogP contribution is -2.25. The van der Waals surface area contributed by atoms with Crippen molar-refractivity contribution in [3.63, 3.8) is 0 Å². The van der Waals surface area contributed by atoms with E-state index in [0.717, 1.165) is 18.2 Å². The molecule has 0 aromatic heterocycles. The smallest absolute Gasteiger partial charge is 0.174 e. The third-order valence-corrected chi connectivity index (χ3v) is 3.06. The van der Waals surface area contributed by atoms with Gasteiger partial charge >= 0.3 is 0 Å². The van der Waals surface area contributed by atoms with Crippen molar-refractivity contribution < 1.29 is 4.74 Å². The third-order valence-electron chi connectivity index (χ3n) is 3.06. The van der Waals surface area contributed by atoms with Gasteiger partial charge in [-0.15, -0.1) is 0 Å². The lowest BCUT2D eigenvalue weighted by Gasteiger charge is -2.15. The Hall–Kier alpha value is -1.53. The van der Waals surface area contributed by atoms with Crippen LogP contribution in [0.1, 0.15) is 39.2 Å². The van der Waals surface area contributed by atoms with E-state index in [4.69, 9.17) is 10.00 Å². The first kappa shape index (κ1) is 15.5. The molecule has 3 heteroatoms. The summed E-state index contributed by atoms with van der Waals surface area (Å²) in [5, 5.41) is 12.0. The first-order chi connectivity index (χ1) is 9.11. The van der Waals surface area contributed by atoms with Crippen LogP contribution in [-0.2, 0) is 6.54 Å². The first-order valence-corrected chi connectivity index (χ1v) is 6.94. The van der Waals surface area contributed by atoms with E-state index in [2.05, 4.69) is 26.1 Å². The molecule has 0 aliphatic rings. The molecule has 1 unspecified atom stereocenters. The van der Waals surface area contributed by atoms with Gasteiger partial charge in [0.25, 0.3) is 0 Å². The molecule has 1 aromatic carbocycles. The molecule has 1 N–H and O–H groups in total. The van der Waals surface area contributed by atoms with Crippen molar-refractivity contribution in [2.75, 3.05) is 6.61 Å². The van der Waals surface area contributed by atoms with Gasteiger partial charge in [-0.1, -0.05) is 26.0 Å². The van der Waals surface area contributed by atoms with Crippen LogP contribution in [0.3, 0.4) is 0 Å². The largest absolute Gasteiger partial charge is 0.479 e. The Morgan fingerprint density at radius 1 is 1.16 bits per heavy atom. The molecule has 1 atom stereocenters. The number of nitriles is 1. The number of rotatable bonds is 8. The van der Waals surface area contributed by atoms with Crippen molar-refractivity contribution in [1.29, 1.82) is 5.26 Å². The zero-order valence-corrected chi connectivity index (χ0v) is 12.1. The second-order valence-electron chi connectivity index (χ2n) is 5.34. The third kappa shape index (κ3) is 6.83. The molecular formula is C16H24N2O. The molecule has 0 bridgehead atoms. The molecule has 0 aliphatic carbocycles. The maximum Gasteiger partial charge on any atom is 0.174 e. The van der Waals surface area contributed by atoms with Crippen molar-refractivity contribution in [2.45, 2.75) is 46.2 Å². The monoisotopic (exact) mass is 260 g/mol. The maximum absolute atomic E-state index is 8.43. The molecule has 1 rings (SSSR count).